The van der Waals surface area contributed by atoms with Crippen molar-refractivity contribution in [3.63, 3.8) is 0 Å². The molecule has 52 valence electrons. The fourth-order valence-corrected chi connectivity index (χ4v) is 1.13. The van der Waals surface area contributed by atoms with Crippen LogP contribution in [0.25, 0.3) is 10.9 Å². The van der Waals surface area contributed by atoms with Gasteiger partial charge in [0, 0.05) is 11.7 Å². The molecule has 0 unspecified atom stereocenters. The summed E-state index contributed by atoms with van der Waals surface area (Å²) in [6.07, 6.45) is 1.86. The second kappa shape index (κ2) is 2.12. The van der Waals surface area contributed by atoms with Gasteiger partial charge < -0.3 is 4.98 Å². The molecule has 4 radical (unpaired) electrons. The van der Waals surface area contributed by atoms with Gasteiger partial charge in [0.15, 0.2) is 0 Å². The average molecular weight is 141 g/mol. The molecule has 1 heteroatoms. The molecule has 1 heterocycles. The molecule has 1 aromatic heterocycles. The van der Waals surface area contributed by atoms with Gasteiger partial charge in [-0.1, -0.05) is 0 Å². The van der Waals surface area contributed by atoms with E-state index < -0.39 is 0 Å². The lowest BCUT2D eigenvalue weighted by Gasteiger charge is -1.97. The molecule has 1 nitrogen and oxygen atoms in total. The van der Waals surface area contributed by atoms with Crippen LogP contribution in [0.15, 0.2) is 24.4 Å². The van der Waals surface area contributed by atoms with E-state index in [2.05, 4.69) is 4.98 Å². The number of aromatic amines is 1. The molecule has 11 heavy (non-hydrogen) atoms. The molecule has 0 aliphatic heterocycles. The second-order valence-electron chi connectivity index (χ2n) is 2.55. The lowest BCUT2D eigenvalue weighted by Crippen LogP contribution is -1.79. The SMILES string of the molecule is [CH]c1cc2cc[nH]c2cc1[CH]. The van der Waals surface area contributed by atoms with Gasteiger partial charge in [-0.2, -0.15) is 0 Å². The molecular formula is C10H7N. The summed E-state index contributed by atoms with van der Waals surface area (Å²) in [5, 5.41) is 1.09. The molecule has 0 saturated carbocycles. The van der Waals surface area contributed by atoms with Crippen LogP contribution >= 0.6 is 0 Å². The summed E-state index contributed by atoms with van der Waals surface area (Å²) in [6.45, 7) is 11.2. The quantitative estimate of drug-likeness (QED) is 0.579. The van der Waals surface area contributed by atoms with Crippen LogP contribution in [0.5, 0.6) is 0 Å². The number of hydrogen-bond acceptors (Lipinski definition) is 0. The highest BCUT2D eigenvalue weighted by molar-refractivity contribution is 5.81. The van der Waals surface area contributed by atoms with Crippen LogP contribution in [0.1, 0.15) is 11.1 Å². The Labute approximate surface area is 66.1 Å². The number of fused-ring (bicyclic) bond motifs is 1. The van der Waals surface area contributed by atoms with Gasteiger partial charge in [0.2, 0.25) is 0 Å². The van der Waals surface area contributed by atoms with Crippen molar-refractivity contribution in [2.24, 2.45) is 0 Å². The Morgan fingerprint density at radius 3 is 2.64 bits per heavy atom. The Bertz CT molecular complexity index is 349. The predicted octanol–water partition coefficient (Wildman–Crippen LogP) is 2.29. The van der Waals surface area contributed by atoms with E-state index in [1.807, 2.05) is 24.4 Å². The highest BCUT2D eigenvalue weighted by Crippen LogP contribution is 2.17. The first-order chi connectivity index (χ1) is 5.27. The van der Waals surface area contributed by atoms with Crippen LogP contribution in [-0.2, 0) is 0 Å². The summed E-state index contributed by atoms with van der Waals surface area (Å²) in [6, 6.07) is 5.66. The van der Waals surface area contributed by atoms with Crippen molar-refractivity contribution in [3.8, 4) is 0 Å². The maximum absolute atomic E-state index is 5.61. The van der Waals surface area contributed by atoms with E-state index in [1.165, 1.54) is 0 Å². The minimum atomic E-state index is 0.625. The van der Waals surface area contributed by atoms with E-state index in [4.69, 9.17) is 13.8 Å². The van der Waals surface area contributed by atoms with Crippen LogP contribution in [0.3, 0.4) is 0 Å². The zero-order chi connectivity index (χ0) is 7.84. The lowest BCUT2D eigenvalue weighted by molar-refractivity contribution is 1.46. The molecule has 2 rings (SSSR count). The maximum Gasteiger partial charge on any atom is 0.0456 e. The van der Waals surface area contributed by atoms with E-state index in [0.717, 1.165) is 10.9 Å². The highest BCUT2D eigenvalue weighted by atomic mass is 14.7. The molecule has 2 aromatic rings. The normalized spacial score (nSPS) is 10.7. The molecule has 0 aliphatic rings. The van der Waals surface area contributed by atoms with Crippen molar-refractivity contribution in [1.82, 2.24) is 4.98 Å². The Balaban J connectivity index is 2.86. The Morgan fingerprint density at radius 2 is 1.82 bits per heavy atom. The van der Waals surface area contributed by atoms with Crippen LogP contribution < -0.4 is 0 Å². The molecule has 1 N–H and O–H groups in total. The summed E-state index contributed by atoms with van der Waals surface area (Å²) in [4.78, 5) is 3.05. The molecule has 0 aliphatic carbocycles. The zero-order valence-corrected chi connectivity index (χ0v) is 5.96. The van der Waals surface area contributed by atoms with Crippen molar-refractivity contribution in [2.75, 3.05) is 0 Å². The summed E-state index contributed by atoms with van der Waals surface area (Å²) < 4.78 is 0. The average Bonchev–Trinajstić information content (AvgIpc) is 2.36. The first-order valence-corrected chi connectivity index (χ1v) is 3.39. The van der Waals surface area contributed by atoms with E-state index >= 15 is 0 Å². The third-order valence-electron chi connectivity index (χ3n) is 1.76. The van der Waals surface area contributed by atoms with Crippen LogP contribution in [0, 0.1) is 13.8 Å². The number of H-pyrrole nitrogens is 1. The maximum atomic E-state index is 5.61. The van der Waals surface area contributed by atoms with Gasteiger partial charge in [-0.05, 0) is 48.6 Å². The summed E-state index contributed by atoms with van der Waals surface area (Å²) in [5.41, 5.74) is 2.29. The fraction of sp³-hybridized carbons (Fsp3) is 0. The van der Waals surface area contributed by atoms with Gasteiger partial charge >= 0.3 is 0 Å². The summed E-state index contributed by atoms with van der Waals surface area (Å²) >= 11 is 0. The largest absolute Gasteiger partial charge is 0.361 e. The van der Waals surface area contributed by atoms with Crippen LogP contribution in [-0.4, -0.2) is 4.98 Å². The van der Waals surface area contributed by atoms with Gasteiger partial charge in [-0.15, -0.1) is 0 Å². The first-order valence-electron chi connectivity index (χ1n) is 3.39. The topological polar surface area (TPSA) is 15.8 Å². The molecule has 0 spiro atoms. The number of rotatable bonds is 0. The van der Waals surface area contributed by atoms with E-state index in [1.54, 1.807) is 0 Å². The molecule has 0 atom stereocenters. The highest BCUT2D eigenvalue weighted by Gasteiger charge is 1.96. The van der Waals surface area contributed by atoms with Crippen LogP contribution in [0.4, 0.5) is 0 Å². The molecule has 0 fully saturated rings. The van der Waals surface area contributed by atoms with Gasteiger partial charge in [-0.25, -0.2) is 0 Å². The van der Waals surface area contributed by atoms with E-state index in [0.29, 0.717) is 11.1 Å². The van der Waals surface area contributed by atoms with Crippen molar-refractivity contribution in [1.29, 1.82) is 0 Å². The smallest absolute Gasteiger partial charge is 0.0456 e. The molecule has 0 amide bonds. The number of hydrogen-bond donors (Lipinski definition) is 1. The minimum Gasteiger partial charge on any atom is -0.361 e. The molecule has 0 saturated heterocycles. The predicted molar refractivity (Wildman–Crippen MR) is 45.1 cm³/mol. The Kier molecular flexibility index (Phi) is 1.25. The standard InChI is InChI=1S/C10H7N/c1-7-5-9-3-4-11-10(9)6-8(7)2/h1-6,11H. The Hall–Kier alpha value is -1.24. The lowest BCUT2D eigenvalue weighted by atomic mass is 10.1. The van der Waals surface area contributed by atoms with Gasteiger partial charge in [0.1, 0.15) is 0 Å². The summed E-state index contributed by atoms with van der Waals surface area (Å²) in [7, 11) is 0. The Morgan fingerprint density at radius 1 is 1.09 bits per heavy atom. The van der Waals surface area contributed by atoms with Crippen molar-refractivity contribution in [2.45, 2.75) is 0 Å². The third-order valence-corrected chi connectivity index (χ3v) is 1.76. The molecule has 1 aromatic carbocycles. The zero-order valence-electron chi connectivity index (χ0n) is 5.96. The number of benzene rings is 1. The van der Waals surface area contributed by atoms with Crippen molar-refractivity contribution >= 4 is 10.9 Å². The van der Waals surface area contributed by atoms with Gasteiger partial charge in [-0.3, -0.25) is 0 Å². The fourth-order valence-electron chi connectivity index (χ4n) is 1.13. The number of aromatic nitrogens is 1. The second-order valence-corrected chi connectivity index (χ2v) is 2.55. The van der Waals surface area contributed by atoms with Crippen molar-refractivity contribution < 1.29 is 0 Å². The minimum absolute atomic E-state index is 0.625. The number of nitrogens with one attached hydrogen (secondary N) is 1. The molecular weight excluding hydrogens is 134 g/mol. The molecule has 0 bridgehead atoms. The van der Waals surface area contributed by atoms with E-state index in [9.17, 15) is 0 Å². The third kappa shape index (κ3) is 0.929. The van der Waals surface area contributed by atoms with E-state index in [-0.39, 0.29) is 0 Å². The summed E-state index contributed by atoms with van der Waals surface area (Å²) in [5.74, 6) is 0. The van der Waals surface area contributed by atoms with Crippen LogP contribution in [0.2, 0.25) is 0 Å². The van der Waals surface area contributed by atoms with Gasteiger partial charge in [0.05, 0.1) is 0 Å². The van der Waals surface area contributed by atoms with Gasteiger partial charge in [0.25, 0.3) is 0 Å². The monoisotopic (exact) mass is 141 g/mol. The first kappa shape index (κ1) is 6.47. The van der Waals surface area contributed by atoms with Crippen molar-refractivity contribution in [3.05, 3.63) is 49.4 Å².